The second-order valence-corrected chi connectivity index (χ2v) is 16.6. The number of nitrogens with one attached hydrogen (secondary N) is 1. The summed E-state index contributed by atoms with van der Waals surface area (Å²) >= 11 is 0. The zero-order valence-corrected chi connectivity index (χ0v) is 41.8. The van der Waals surface area contributed by atoms with Gasteiger partial charge in [0.25, 0.3) is 0 Å². The first-order chi connectivity index (χ1) is 31.3. The van der Waals surface area contributed by atoms with Crippen molar-refractivity contribution in [1.82, 2.24) is 24.9 Å². The number of phenols is 4. The van der Waals surface area contributed by atoms with Crippen LogP contribution in [0.5, 0.6) is 23.0 Å². The minimum atomic E-state index is -0.395. The van der Waals surface area contributed by atoms with Crippen LogP contribution in [-0.4, -0.2) is 128 Å². The molecular weight excluding hydrogens is 915 g/mol. The highest BCUT2D eigenvalue weighted by Gasteiger charge is 2.31. The Balaban J connectivity index is 0. The maximum atomic E-state index is 12.3. The van der Waals surface area contributed by atoms with Crippen molar-refractivity contribution in [2.75, 3.05) is 52.4 Å². The molecule has 2 aromatic carbocycles. The van der Waals surface area contributed by atoms with E-state index in [-0.39, 0.29) is 84.8 Å². The molecule has 0 atom stereocenters. The van der Waals surface area contributed by atoms with Crippen molar-refractivity contribution >= 4 is 60.4 Å². The Kier molecular flexibility index (Phi) is 36.8. The zero-order valence-electron chi connectivity index (χ0n) is 40.2. The number of hydrogen-bond donors (Lipinski definition) is 6. The van der Waals surface area contributed by atoms with Crippen molar-refractivity contribution in [3.05, 3.63) is 47.5 Å². The summed E-state index contributed by atoms with van der Waals surface area (Å²) < 4.78 is 0. The van der Waals surface area contributed by atoms with Crippen molar-refractivity contribution < 1.29 is 49.2 Å². The van der Waals surface area contributed by atoms with Crippen molar-refractivity contribution in [2.24, 2.45) is 5.73 Å². The number of amides is 7. The molecule has 4 aliphatic heterocycles. The number of aromatic hydroxyl groups is 4. The second-order valence-electron chi connectivity index (χ2n) is 16.6. The Bertz CT molecular complexity index is 1740. The van der Waals surface area contributed by atoms with Crippen LogP contribution in [0.2, 0.25) is 0 Å². The van der Waals surface area contributed by atoms with Gasteiger partial charge in [0.1, 0.15) is 0 Å². The van der Waals surface area contributed by atoms with Gasteiger partial charge in [-0.05, 0) is 132 Å². The van der Waals surface area contributed by atoms with Gasteiger partial charge in [0.05, 0.1) is 0 Å². The van der Waals surface area contributed by atoms with E-state index in [2.05, 4.69) is 31.0 Å². The number of nitrogens with zero attached hydrogens (tertiary/aromatic N) is 4. The third-order valence-electron chi connectivity index (χ3n) is 11.6. The van der Waals surface area contributed by atoms with Gasteiger partial charge in [0.15, 0.2) is 23.0 Å². The Labute approximate surface area is 418 Å². The van der Waals surface area contributed by atoms with E-state index in [1.54, 1.807) is 12.1 Å². The molecule has 388 valence electrons. The van der Waals surface area contributed by atoms with Crippen molar-refractivity contribution in [2.45, 2.75) is 157 Å². The molecule has 0 bridgehead atoms. The van der Waals surface area contributed by atoms with Gasteiger partial charge in [-0.2, -0.15) is 0 Å². The van der Waals surface area contributed by atoms with Gasteiger partial charge in [-0.3, -0.25) is 38.7 Å². The van der Waals surface area contributed by atoms with Gasteiger partial charge in [0, 0.05) is 58.3 Å². The fourth-order valence-corrected chi connectivity index (χ4v) is 7.53. The number of carbonyl (C=O) groups is 6. The summed E-state index contributed by atoms with van der Waals surface area (Å²) in [6, 6.07) is 8.97. The minimum Gasteiger partial charge on any atom is -0.504 e. The molecule has 0 spiro atoms. The van der Waals surface area contributed by atoms with Gasteiger partial charge >= 0.3 is 6.03 Å². The summed E-state index contributed by atoms with van der Waals surface area (Å²) in [4.78, 5) is 76.8. The van der Waals surface area contributed by atoms with Crippen molar-refractivity contribution in [1.29, 1.82) is 0 Å². The summed E-state index contributed by atoms with van der Waals surface area (Å²) in [5.74, 6) is -0.676. The predicted octanol–water partition coefficient (Wildman–Crippen LogP) is 8.36. The van der Waals surface area contributed by atoms with E-state index in [0.29, 0.717) is 71.1 Å². The number of imide groups is 3. The fraction of sp³-hybridized carbons (Fsp3) is 0.640. The van der Waals surface area contributed by atoms with Crippen LogP contribution in [0.25, 0.3) is 0 Å². The molecule has 6 rings (SSSR count). The van der Waals surface area contributed by atoms with E-state index in [9.17, 15) is 39.0 Å². The monoisotopic (exact) mass is 999 g/mol. The number of benzene rings is 2. The quantitative estimate of drug-likeness (QED) is 0.130. The molecule has 7 amide bonds. The highest BCUT2D eigenvalue weighted by atomic mass is 35.5. The third kappa shape index (κ3) is 25.6. The molecule has 4 aliphatic rings. The molecule has 0 saturated carbocycles. The van der Waals surface area contributed by atoms with E-state index in [4.69, 9.17) is 15.9 Å². The smallest absolute Gasteiger partial charge is 0.333 e. The lowest BCUT2D eigenvalue weighted by atomic mass is 10.1. The normalized spacial score (nSPS) is 16.1. The molecule has 18 heteroatoms. The van der Waals surface area contributed by atoms with Gasteiger partial charge in [0.2, 0.25) is 29.5 Å². The largest absolute Gasteiger partial charge is 0.504 e. The van der Waals surface area contributed by atoms with E-state index in [1.165, 1.54) is 65.0 Å². The SMILES string of the molecule is C.CCN(CC)CC.Cl.Cl.NCCc1ccc(O)c(O)c1.O=C1CCCCCN1.O=C1CCCCCN1C(=O)CCCc1ccc(O)c(O)c1.O=C1CCCCCN1C(=O)N1CCCCCC1=O. The molecule has 0 radical (unpaired) electrons. The lowest BCUT2D eigenvalue weighted by molar-refractivity contribution is -0.144. The van der Waals surface area contributed by atoms with Crippen LogP contribution in [-0.2, 0) is 36.8 Å². The van der Waals surface area contributed by atoms with Crippen LogP contribution in [0.1, 0.15) is 155 Å². The topological polar surface area (TPSA) is 234 Å². The van der Waals surface area contributed by atoms with Crippen LogP contribution in [0.15, 0.2) is 36.4 Å². The number of hydrogen-bond acceptors (Lipinski definition) is 12. The molecule has 16 nitrogen and oxygen atoms in total. The molecule has 7 N–H and O–H groups in total. The average molecular weight is 1000 g/mol. The number of urea groups is 1. The van der Waals surface area contributed by atoms with E-state index >= 15 is 0 Å². The molecule has 0 unspecified atom stereocenters. The maximum Gasteiger partial charge on any atom is 0.333 e. The molecule has 4 saturated heterocycles. The highest BCUT2D eigenvalue weighted by Crippen LogP contribution is 2.26. The molecule has 4 fully saturated rings. The highest BCUT2D eigenvalue weighted by molar-refractivity contribution is 6.02. The van der Waals surface area contributed by atoms with Gasteiger partial charge in [-0.1, -0.05) is 66.0 Å². The third-order valence-corrected chi connectivity index (χ3v) is 11.6. The summed E-state index contributed by atoms with van der Waals surface area (Å²) in [5, 5.41) is 39.4. The van der Waals surface area contributed by atoms with Gasteiger partial charge in [-0.15, -0.1) is 24.8 Å². The summed E-state index contributed by atoms with van der Waals surface area (Å²) in [5.41, 5.74) is 7.10. The molecule has 0 aliphatic carbocycles. The molecule has 68 heavy (non-hydrogen) atoms. The molecule has 0 aromatic heterocycles. The number of aryl methyl sites for hydroxylation is 1. The fourth-order valence-electron chi connectivity index (χ4n) is 7.53. The Hall–Kier alpha value is -4.64. The van der Waals surface area contributed by atoms with Crippen LogP contribution < -0.4 is 11.1 Å². The number of likely N-dealkylation sites (tertiary alicyclic amines) is 3. The maximum absolute atomic E-state index is 12.3. The minimum absolute atomic E-state index is 0. The van der Waals surface area contributed by atoms with Crippen LogP contribution in [0, 0.1) is 0 Å². The predicted molar refractivity (Wildman–Crippen MR) is 272 cm³/mol. The number of halogens is 2. The molecule has 4 heterocycles. The Morgan fingerprint density at radius 1 is 0.574 bits per heavy atom. The van der Waals surface area contributed by atoms with Crippen LogP contribution in [0.4, 0.5) is 4.79 Å². The van der Waals surface area contributed by atoms with Gasteiger partial charge in [-0.25, -0.2) is 4.79 Å². The Morgan fingerprint density at radius 2 is 0.985 bits per heavy atom. The van der Waals surface area contributed by atoms with E-state index in [1.807, 2.05) is 0 Å². The summed E-state index contributed by atoms with van der Waals surface area (Å²) in [6.45, 7) is 13.0. The molecule has 2 aromatic rings. The summed E-state index contributed by atoms with van der Waals surface area (Å²) in [6.07, 6.45) is 15.9. The van der Waals surface area contributed by atoms with Crippen LogP contribution in [0.3, 0.4) is 0 Å². The van der Waals surface area contributed by atoms with Gasteiger partial charge < -0.3 is 36.4 Å². The lowest BCUT2D eigenvalue weighted by Crippen LogP contribution is -2.48. The second kappa shape index (κ2) is 38.2. The average Bonchev–Trinajstić information content (AvgIpc) is 3.85. The first-order valence-electron chi connectivity index (χ1n) is 23.9. The van der Waals surface area contributed by atoms with Crippen molar-refractivity contribution in [3.8, 4) is 23.0 Å². The number of rotatable bonds is 9. The Morgan fingerprint density at radius 3 is 1.41 bits per heavy atom. The zero-order chi connectivity index (χ0) is 48.0. The lowest BCUT2D eigenvalue weighted by Gasteiger charge is -2.26. The van der Waals surface area contributed by atoms with Crippen LogP contribution >= 0.6 is 24.8 Å². The number of phenolic OH excluding ortho intramolecular Hbond substituents is 4. The first kappa shape index (κ1) is 65.4. The van der Waals surface area contributed by atoms with E-state index in [0.717, 1.165) is 94.7 Å². The summed E-state index contributed by atoms with van der Waals surface area (Å²) in [7, 11) is 0. The molecular formula is C50H84Cl2N6O10. The number of carbonyl (C=O) groups excluding carboxylic acids is 6. The first-order valence-corrected chi connectivity index (χ1v) is 23.9. The number of nitrogens with two attached hydrogens (primary N) is 1. The van der Waals surface area contributed by atoms with E-state index < -0.39 is 6.03 Å². The standard InChI is InChI=1S/C16H21NO4.C13H20N2O3.C8H11NO2.C6H11NO.C6H15N.CH4.2ClH/c18-13-9-8-12(11-14(13)19)5-4-7-16(21)17-10-3-1-2-6-15(17)20;16-11-7-3-1-5-9-14(11)13(18)15-10-6-2-4-8-12(15)17;9-4-3-6-1-2-7(10)8(11)5-6;8-6-4-2-1-3-5-7-6;1-4-7(5-2)6-3;;;/h8-9,11,18-19H,1-7,10H2;1-10H2;1-2,5,10-11H,3-4,9H2;1-5H2,(H,7,8);4-6H2,1-3H3;1H4;2*1H. The van der Waals surface area contributed by atoms with Crippen molar-refractivity contribution in [3.63, 3.8) is 0 Å².